The van der Waals surface area contributed by atoms with Crippen LogP contribution in [0.25, 0.3) is 11.0 Å². The van der Waals surface area contributed by atoms with Gasteiger partial charge in [-0.25, -0.2) is 9.59 Å². The number of nitrogens with one attached hydrogen (secondary N) is 2. The van der Waals surface area contributed by atoms with E-state index >= 15 is 0 Å². The van der Waals surface area contributed by atoms with E-state index in [-0.39, 0.29) is 0 Å². The summed E-state index contributed by atoms with van der Waals surface area (Å²) < 4.78 is 5.37. The molecule has 1 heterocycles. The van der Waals surface area contributed by atoms with Crippen LogP contribution in [0.2, 0.25) is 5.02 Å². The Balaban J connectivity index is 1.52. The predicted molar refractivity (Wildman–Crippen MR) is 183 cm³/mol. The summed E-state index contributed by atoms with van der Waals surface area (Å²) in [6.45, 7) is 7.87. The van der Waals surface area contributed by atoms with Crippen molar-refractivity contribution in [2.75, 3.05) is 6.54 Å². The molecule has 5 aromatic rings. The van der Waals surface area contributed by atoms with Crippen LogP contribution in [0.4, 0.5) is 4.79 Å². The van der Waals surface area contributed by atoms with Crippen LogP contribution in [0, 0.1) is 6.92 Å². The molecule has 47 heavy (non-hydrogen) atoms. The highest BCUT2D eigenvalue weighted by Gasteiger charge is 2.41. The quantitative estimate of drug-likeness (QED) is 0.0849. The lowest BCUT2D eigenvalue weighted by atomic mass is 9.76. The molecule has 2 atom stereocenters. The van der Waals surface area contributed by atoms with Gasteiger partial charge in [0, 0.05) is 11.6 Å². The summed E-state index contributed by atoms with van der Waals surface area (Å²) in [6.07, 6.45) is 1.09. The third-order valence-corrected chi connectivity index (χ3v) is 8.06. The topological polar surface area (TPSA) is 107 Å². The van der Waals surface area contributed by atoms with Gasteiger partial charge < -0.3 is 14.9 Å². The Labute approximate surface area is 280 Å². The molecule has 10 heteroatoms. The van der Waals surface area contributed by atoms with Crippen molar-refractivity contribution in [2.24, 2.45) is 0 Å². The maximum Gasteiger partial charge on any atom is 0.407 e. The number of carbonyl (C=O) groups excluding carboxylic acids is 2. The Morgan fingerprint density at radius 1 is 0.851 bits per heavy atom. The van der Waals surface area contributed by atoms with Crippen LogP contribution < -0.4 is 15.5 Å². The standard InChI is InChI=1S/C37H40ClN5O4/c1-26-21-23-28(24-22-26)37(27-14-6-5-7-15-27,29-16-8-9-17-30(29)38)40-32(19-12-13-25-39-35(45)46-36(2,3)4)34(44)47-43-33-20-11-10-18-31(33)41-42-43/h5-11,14-18,20-24,32,40H,12-13,19,25H2,1-4H3,(H,39,45)/t32-,37?/m0/s1. The molecule has 0 bridgehead atoms. The Hall–Kier alpha value is -4.73. The zero-order chi connectivity index (χ0) is 33.4. The van der Waals surface area contributed by atoms with Gasteiger partial charge in [0.2, 0.25) is 0 Å². The molecule has 1 amide bonds. The van der Waals surface area contributed by atoms with Gasteiger partial charge in [-0.1, -0.05) is 107 Å². The average molecular weight is 654 g/mol. The molecule has 5 rings (SSSR count). The highest BCUT2D eigenvalue weighted by Crippen LogP contribution is 2.41. The van der Waals surface area contributed by atoms with Gasteiger partial charge in [0.1, 0.15) is 22.7 Å². The second-order valence-corrected chi connectivity index (χ2v) is 12.9. The molecule has 4 aromatic carbocycles. The lowest BCUT2D eigenvalue weighted by Gasteiger charge is -2.40. The molecule has 1 aromatic heterocycles. The first-order valence-corrected chi connectivity index (χ1v) is 16.1. The van der Waals surface area contributed by atoms with Crippen LogP contribution in [0.5, 0.6) is 0 Å². The normalized spacial score (nSPS) is 13.5. The zero-order valence-electron chi connectivity index (χ0n) is 27.1. The lowest BCUT2D eigenvalue weighted by molar-refractivity contribution is -0.148. The number of hydrogen-bond acceptors (Lipinski definition) is 7. The molecule has 244 valence electrons. The first-order valence-electron chi connectivity index (χ1n) is 15.7. The van der Waals surface area contributed by atoms with Gasteiger partial charge in [0.05, 0.1) is 5.54 Å². The number of aromatic nitrogens is 3. The minimum absolute atomic E-state index is 0.381. The third-order valence-electron chi connectivity index (χ3n) is 7.73. The zero-order valence-corrected chi connectivity index (χ0v) is 27.8. The Bertz CT molecular complexity index is 1800. The molecule has 0 aliphatic carbocycles. The lowest BCUT2D eigenvalue weighted by Crippen LogP contribution is -2.54. The second-order valence-electron chi connectivity index (χ2n) is 12.4. The van der Waals surface area contributed by atoms with Crippen molar-refractivity contribution in [3.05, 3.63) is 130 Å². The summed E-state index contributed by atoms with van der Waals surface area (Å²) in [5.41, 5.74) is 3.21. The fraction of sp³-hybridized carbons (Fsp3) is 0.297. The molecule has 9 nitrogen and oxygen atoms in total. The molecule has 0 fully saturated rings. The van der Waals surface area contributed by atoms with Gasteiger partial charge in [0.25, 0.3) is 0 Å². The number of alkyl carbamates (subject to hydrolysis) is 1. The SMILES string of the molecule is Cc1ccc(C(N[C@@H](CCCCNC(=O)OC(C)(C)C)C(=O)On2nnc3ccccc32)(c2ccccc2)c2ccccc2Cl)cc1. The fourth-order valence-electron chi connectivity index (χ4n) is 5.53. The molecule has 0 aliphatic rings. The number of unbranched alkanes of at least 4 members (excludes halogenated alkanes) is 1. The summed E-state index contributed by atoms with van der Waals surface area (Å²) in [7, 11) is 0. The van der Waals surface area contributed by atoms with Crippen molar-refractivity contribution >= 4 is 34.7 Å². The van der Waals surface area contributed by atoms with Crippen LogP contribution in [-0.4, -0.2) is 45.4 Å². The molecule has 0 spiro atoms. The van der Waals surface area contributed by atoms with E-state index in [0.717, 1.165) is 27.1 Å². The Morgan fingerprint density at radius 3 is 2.23 bits per heavy atom. The summed E-state index contributed by atoms with van der Waals surface area (Å²) in [5, 5.41) is 15.3. The van der Waals surface area contributed by atoms with Gasteiger partial charge in [-0.3, -0.25) is 5.32 Å². The molecular weight excluding hydrogens is 614 g/mol. The smallest absolute Gasteiger partial charge is 0.407 e. The van der Waals surface area contributed by atoms with Crippen LogP contribution in [0.3, 0.4) is 0 Å². The number of para-hydroxylation sites is 1. The van der Waals surface area contributed by atoms with E-state index in [0.29, 0.717) is 41.9 Å². The molecule has 0 aliphatic heterocycles. The van der Waals surface area contributed by atoms with Crippen molar-refractivity contribution in [3.63, 3.8) is 0 Å². The first-order chi connectivity index (χ1) is 22.6. The number of fused-ring (bicyclic) bond motifs is 1. The maximum atomic E-state index is 14.2. The number of aryl methyl sites for hydroxylation is 1. The minimum atomic E-state index is -1.05. The maximum absolute atomic E-state index is 14.2. The number of carbonyl (C=O) groups is 2. The molecular formula is C37H40ClN5O4. The summed E-state index contributed by atoms with van der Waals surface area (Å²) in [5.74, 6) is -0.541. The predicted octanol–water partition coefficient (Wildman–Crippen LogP) is 6.99. The summed E-state index contributed by atoms with van der Waals surface area (Å²) in [4.78, 5) is 33.5. The monoisotopic (exact) mass is 653 g/mol. The van der Waals surface area contributed by atoms with Crippen molar-refractivity contribution in [2.45, 2.75) is 64.1 Å². The van der Waals surface area contributed by atoms with E-state index in [2.05, 4.69) is 33.1 Å². The first kappa shape index (κ1) is 33.6. The molecule has 0 saturated heterocycles. The van der Waals surface area contributed by atoms with Gasteiger partial charge in [-0.15, -0.1) is 5.10 Å². The van der Waals surface area contributed by atoms with Gasteiger partial charge in [-0.05, 0) is 87.1 Å². The average Bonchev–Trinajstić information content (AvgIpc) is 3.45. The van der Waals surface area contributed by atoms with E-state index in [1.54, 1.807) is 12.1 Å². The van der Waals surface area contributed by atoms with Crippen molar-refractivity contribution in [1.29, 1.82) is 0 Å². The highest BCUT2D eigenvalue weighted by atomic mass is 35.5. The minimum Gasteiger partial charge on any atom is -0.444 e. The van der Waals surface area contributed by atoms with Gasteiger partial charge in [0.15, 0.2) is 0 Å². The second kappa shape index (κ2) is 14.8. The number of ether oxygens (including phenoxy) is 1. The van der Waals surface area contributed by atoms with Crippen LogP contribution in [0.1, 0.15) is 62.3 Å². The molecule has 1 unspecified atom stereocenters. The van der Waals surface area contributed by atoms with Crippen molar-refractivity contribution in [1.82, 2.24) is 25.8 Å². The van der Waals surface area contributed by atoms with Crippen LogP contribution in [-0.2, 0) is 15.1 Å². The Morgan fingerprint density at radius 2 is 1.51 bits per heavy atom. The number of halogens is 1. The van der Waals surface area contributed by atoms with E-state index in [4.69, 9.17) is 21.2 Å². The fourth-order valence-corrected chi connectivity index (χ4v) is 5.81. The van der Waals surface area contributed by atoms with E-state index in [1.807, 2.05) is 107 Å². The van der Waals surface area contributed by atoms with E-state index in [9.17, 15) is 9.59 Å². The van der Waals surface area contributed by atoms with Gasteiger partial charge >= 0.3 is 12.1 Å². The number of hydrogen-bond donors (Lipinski definition) is 2. The molecule has 0 radical (unpaired) electrons. The number of benzene rings is 4. The van der Waals surface area contributed by atoms with Crippen molar-refractivity contribution in [3.8, 4) is 0 Å². The summed E-state index contributed by atoms with van der Waals surface area (Å²) >= 11 is 6.97. The molecule has 2 N–H and O–H groups in total. The number of nitrogens with zero attached hydrogens (tertiary/aromatic N) is 3. The molecule has 0 saturated carbocycles. The van der Waals surface area contributed by atoms with E-state index in [1.165, 1.54) is 0 Å². The number of rotatable bonds is 12. The van der Waals surface area contributed by atoms with Crippen LogP contribution >= 0.6 is 11.6 Å². The van der Waals surface area contributed by atoms with E-state index < -0.39 is 29.2 Å². The number of amides is 1. The Kier molecular flexibility index (Phi) is 10.6. The highest BCUT2D eigenvalue weighted by molar-refractivity contribution is 6.31. The van der Waals surface area contributed by atoms with Crippen molar-refractivity contribution < 1.29 is 19.2 Å². The summed E-state index contributed by atoms with van der Waals surface area (Å²) in [6, 6.07) is 32.2. The third kappa shape index (κ3) is 8.17. The van der Waals surface area contributed by atoms with Crippen LogP contribution in [0.15, 0.2) is 103 Å². The largest absolute Gasteiger partial charge is 0.444 e. The van der Waals surface area contributed by atoms with Gasteiger partial charge in [-0.2, -0.15) is 0 Å².